The molecule has 1 aromatic carbocycles. The molecular weight excluding hydrogens is 999 g/mol. The van der Waals surface area contributed by atoms with Gasteiger partial charge in [-0.25, -0.2) is 4.79 Å². The van der Waals surface area contributed by atoms with Crippen molar-refractivity contribution in [3.8, 4) is 5.75 Å². The molecule has 0 saturated carbocycles. The average molecular weight is 1080 g/mol. The number of aliphatic carboxylic acids is 2. The molecule has 25 nitrogen and oxygen atoms in total. The van der Waals surface area contributed by atoms with Gasteiger partial charge >= 0.3 is 11.9 Å². The second-order valence-electron chi connectivity index (χ2n) is 19.4. The van der Waals surface area contributed by atoms with E-state index < -0.39 is 151 Å². The molecule has 9 atom stereocenters. The highest BCUT2D eigenvalue weighted by molar-refractivity contribution is 7.98. The summed E-state index contributed by atoms with van der Waals surface area (Å²) in [4.78, 5) is 145. The Labute approximate surface area is 442 Å². The van der Waals surface area contributed by atoms with E-state index in [1.165, 1.54) is 43.0 Å². The van der Waals surface area contributed by atoms with Crippen LogP contribution in [0.3, 0.4) is 0 Å². The van der Waals surface area contributed by atoms with Gasteiger partial charge in [0.15, 0.2) is 0 Å². The van der Waals surface area contributed by atoms with Crippen LogP contribution in [0.4, 0.5) is 0 Å². The molecule has 0 aliphatic carbocycles. The zero-order chi connectivity index (χ0) is 57.1. The summed E-state index contributed by atoms with van der Waals surface area (Å²) in [6.07, 6.45) is 0.340. The fourth-order valence-corrected chi connectivity index (χ4v) is 7.71. The third kappa shape index (κ3) is 25.5. The molecule has 0 aromatic heterocycles. The summed E-state index contributed by atoms with van der Waals surface area (Å²) in [6, 6.07) is -6.50. The molecular formula is C49H81N11O14S. The largest absolute Gasteiger partial charge is 0.508 e. The summed E-state index contributed by atoms with van der Waals surface area (Å²) in [5, 5.41) is 49.4. The number of aromatic hydroxyl groups is 1. The highest BCUT2D eigenvalue weighted by Gasteiger charge is 2.35. The molecule has 0 aliphatic rings. The number of rotatable bonds is 36. The number of nitrogens with one attached hydrogen (secondary N) is 8. The first kappa shape index (κ1) is 66.5. The van der Waals surface area contributed by atoms with E-state index in [0.29, 0.717) is 24.2 Å². The van der Waals surface area contributed by atoms with Crippen molar-refractivity contribution in [1.29, 1.82) is 0 Å². The summed E-state index contributed by atoms with van der Waals surface area (Å²) < 4.78 is 0. The quantitative estimate of drug-likeness (QED) is 0.0344. The maximum atomic E-state index is 14.2. The predicted octanol–water partition coefficient (Wildman–Crippen LogP) is -1.38. The lowest BCUT2D eigenvalue weighted by molar-refractivity contribution is -0.143. The third-order valence-corrected chi connectivity index (χ3v) is 12.4. The molecule has 0 spiro atoms. The van der Waals surface area contributed by atoms with Gasteiger partial charge in [0.25, 0.3) is 0 Å². The lowest BCUT2D eigenvalue weighted by atomic mass is 10.00. The molecule has 0 radical (unpaired) electrons. The minimum atomic E-state index is -1.68. The summed E-state index contributed by atoms with van der Waals surface area (Å²) >= 11 is 1.37. The van der Waals surface area contributed by atoms with Crippen LogP contribution in [0.25, 0.3) is 0 Å². The topological polar surface area (TPSA) is 423 Å². The van der Waals surface area contributed by atoms with Crippen molar-refractivity contribution >= 4 is 76.9 Å². The molecule has 1 rings (SSSR count). The van der Waals surface area contributed by atoms with Gasteiger partial charge in [-0.15, -0.1) is 0 Å². The Balaban J connectivity index is 3.52. The molecule has 0 fully saturated rings. The Hall–Kier alpha value is -6.54. The van der Waals surface area contributed by atoms with Crippen molar-refractivity contribution in [1.82, 2.24) is 42.5 Å². The van der Waals surface area contributed by atoms with E-state index >= 15 is 0 Å². The molecule has 0 aliphatic heterocycles. The van der Waals surface area contributed by atoms with Crippen LogP contribution < -0.4 is 59.7 Å². The van der Waals surface area contributed by atoms with Crippen LogP contribution in [0.5, 0.6) is 5.75 Å². The number of carbonyl (C=O) groups excluding carboxylic acids is 9. The number of nitrogens with two attached hydrogens (primary N) is 3. The molecule has 9 amide bonds. The second kappa shape index (κ2) is 34.1. The number of carboxylic acids is 2. The van der Waals surface area contributed by atoms with Gasteiger partial charge in [0.1, 0.15) is 54.1 Å². The van der Waals surface area contributed by atoms with Crippen molar-refractivity contribution in [3.63, 3.8) is 0 Å². The average Bonchev–Trinajstić information content (AvgIpc) is 3.33. The standard InChI is InChI=1S/C49H81N11O14S/c1-25(2)23-36(49(73)74)59-43(67)31(11-9-10-21-50)55-46(70)35(24-29-12-14-30(61)15-13-29)58-45(69)32(16-18-37(51)62)56-44(68)33(17-19-38(63)64)54-41(65)28(7)53-42(66)34(20-22-75-8)57-48(72)40(27(5)6)60-47(71)39(52)26(3)4/h12-15,25-28,31-36,39-40,61H,9-11,16-24,50,52H2,1-8H3,(H2,51,62)(H,53,66)(H,54,65)(H,55,70)(H,56,68)(H,57,72)(H,58,69)(H,59,67)(H,60,71)(H,63,64)(H,73,74)/t28-,31-,32-,33-,34-,35-,36-,39-,40-/m0/s1. The van der Waals surface area contributed by atoms with Crippen LogP contribution in [-0.4, -0.2) is 153 Å². The van der Waals surface area contributed by atoms with Crippen molar-refractivity contribution < 1.29 is 68.1 Å². The predicted molar refractivity (Wildman–Crippen MR) is 279 cm³/mol. The zero-order valence-corrected chi connectivity index (χ0v) is 45.0. The number of carbonyl (C=O) groups is 11. The van der Waals surface area contributed by atoms with Gasteiger partial charge in [0.05, 0.1) is 6.04 Å². The lowest BCUT2D eigenvalue weighted by Crippen LogP contribution is -2.60. The molecule has 0 bridgehead atoms. The number of phenols is 1. The molecule has 422 valence electrons. The number of amides is 9. The molecule has 75 heavy (non-hydrogen) atoms. The number of hydrogen-bond acceptors (Lipinski definition) is 15. The Morgan fingerprint density at radius 3 is 1.49 bits per heavy atom. The number of phenolic OH excluding ortho intramolecular Hbond substituents is 1. The van der Waals surface area contributed by atoms with E-state index in [2.05, 4.69) is 42.5 Å². The van der Waals surface area contributed by atoms with Crippen molar-refractivity contribution in [3.05, 3.63) is 29.8 Å². The molecule has 26 heteroatoms. The number of hydrogen-bond donors (Lipinski definition) is 14. The smallest absolute Gasteiger partial charge is 0.326 e. The van der Waals surface area contributed by atoms with Crippen molar-refractivity contribution in [2.75, 3.05) is 18.6 Å². The SMILES string of the molecule is CSCC[C@H](NC(=O)[C@@H](NC(=O)[C@@H](N)C(C)C)C(C)C)C(=O)N[C@@H](C)C(=O)N[C@@H](CCC(=O)O)C(=O)N[C@@H](CCC(N)=O)C(=O)N[C@@H](Cc1ccc(O)cc1)C(=O)N[C@@H](CCCCN)C(=O)N[C@@H](CC(C)C)C(=O)O. The zero-order valence-electron chi connectivity index (χ0n) is 44.2. The van der Waals surface area contributed by atoms with Crippen LogP contribution in [0.1, 0.15) is 112 Å². The Kier molecular flexibility index (Phi) is 30.2. The normalized spacial score (nSPS) is 14.8. The van der Waals surface area contributed by atoms with E-state index in [0.717, 1.165) is 0 Å². The van der Waals surface area contributed by atoms with E-state index in [9.17, 15) is 68.1 Å². The Morgan fingerprint density at radius 2 is 1.01 bits per heavy atom. The summed E-state index contributed by atoms with van der Waals surface area (Å²) in [6.45, 7) is 11.9. The van der Waals surface area contributed by atoms with Gasteiger partial charge in [-0.2, -0.15) is 11.8 Å². The highest BCUT2D eigenvalue weighted by Crippen LogP contribution is 2.15. The van der Waals surface area contributed by atoms with Gasteiger partial charge in [-0.05, 0) is 106 Å². The van der Waals surface area contributed by atoms with Crippen molar-refractivity contribution in [2.45, 2.75) is 167 Å². The minimum absolute atomic E-state index is 0.0229. The van der Waals surface area contributed by atoms with E-state index in [1.807, 2.05) is 0 Å². The number of benzene rings is 1. The van der Waals surface area contributed by atoms with Gasteiger partial charge in [0, 0.05) is 19.3 Å². The van der Waals surface area contributed by atoms with Crippen molar-refractivity contribution in [2.24, 2.45) is 35.0 Å². The number of unbranched alkanes of at least 4 members (excludes halogenated alkanes) is 1. The maximum Gasteiger partial charge on any atom is 0.326 e. The van der Waals surface area contributed by atoms with Crippen LogP contribution in [0.2, 0.25) is 0 Å². The van der Waals surface area contributed by atoms with Gasteiger partial charge in [-0.3, -0.25) is 47.9 Å². The molecule has 0 saturated heterocycles. The third-order valence-electron chi connectivity index (χ3n) is 11.8. The number of primary amides is 1. The van der Waals surface area contributed by atoms with Crippen LogP contribution in [0, 0.1) is 17.8 Å². The van der Waals surface area contributed by atoms with Crippen LogP contribution >= 0.6 is 11.8 Å². The monoisotopic (exact) mass is 1080 g/mol. The first-order valence-corrected chi connectivity index (χ1v) is 26.4. The second-order valence-corrected chi connectivity index (χ2v) is 20.4. The fourth-order valence-electron chi connectivity index (χ4n) is 7.24. The highest BCUT2D eigenvalue weighted by atomic mass is 32.2. The van der Waals surface area contributed by atoms with Gasteiger partial charge < -0.3 is 75.1 Å². The van der Waals surface area contributed by atoms with Crippen LogP contribution in [0.15, 0.2) is 24.3 Å². The molecule has 0 unspecified atom stereocenters. The lowest BCUT2D eigenvalue weighted by Gasteiger charge is -2.28. The van der Waals surface area contributed by atoms with E-state index in [1.54, 1.807) is 47.8 Å². The van der Waals surface area contributed by atoms with Crippen LogP contribution in [-0.2, 0) is 59.2 Å². The minimum Gasteiger partial charge on any atom is -0.508 e. The Morgan fingerprint density at radius 1 is 0.547 bits per heavy atom. The van der Waals surface area contributed by atoms with E-state index in [4.69, 9.17) is 17.2 Å². The summed E-state index contributed by atoms with van der Waals surface area (Å²) in [7, 11) is 0. The van der Waals surface area contributed by atoms with Gasteiger partial charge in [0.2, 0.25) is 53.2 Å². The first-order chi connectivity index (χ1) is 35.1. The molecule has 1 aromatic rings. The summed E-state index contributed by atoms with van der Waals surface area (Å²) in [5.41, 5.74) is 17.5. The summed E-state index contributed by atoms with van der Waals surface area (Å²) in [5.74, 6) is -11.0. The molecule has 17 N–H and O–H groups in total. The number of thioether (sulfide) groups is 1. The van der Waals surface area contributed by atoms with Gasteiger partial charge in [-0.1, -0.05) is 53.7 Å². The van der Waals surface area contributed by atoms with E-state index in [-0.39, 0.29) is 49.8 Å². The molecule has 0 heterocycles. The maximum absolute atomic E-state index is 14.2. The first-order valence-electron chi connectivity index (χ1n) is 25.0. The fraction of sp³-hybridized carbons (Fsp3) is 0.653. The number of carboxylic acid groups (broad SMARTS) is 2. The Bertz CT molecular complexity index is 2100.